The van der Waals surface area contributed by atoms with E-state index in [-0.39, 0.29) is 0 Å². The summed E-state index contributed by atoms with van der Waals surface area (Å²) < 4.78 is 5.27. The van der Waals surface area contributed by atoms with E-state index in [0.29, 0.717) is 17.7 Å². The minimum Gasteiger partial charge on any atom is -0.497 e. The van der Waals surface area contributed by atoms with Crippen LogP contribution in [-0.4, -0.2) is 31.0 Å². The Labute approximate surface area is 120 Å². The lowest BCUT2D eigenvalue weighted by atomic mass is 9.90. The summed E-state index contributed by atoms with van der Waals surface area (Å²) >= 11 is 0. The predicted octanol–water partition coefficient (Wildman–Crippen LogP) is 2.89. The van der Waals surface area contributed by atoms with Crippen LogP contribution in [0.25, 0.3) is 0 Å². The molecule has 1 aromatic carbocycles. The van der Waals surface area contributed by atoms with E-state index in [1.807, 2.05) is 6.07 Å². The van der Waals surface area contributed by atoms with Crippen molar-refractivity contribution in [2.24, 2.45) is 11.8 Å². The first kappa shape index (κ1) is 13.5. The van der Waals surface area contributed by atoms with E-state index < -0.39 is 0 Å². The second kappa shape index (κ2) is 5.86. The van der Waals surface area contributed by atoms with Gasteiger partial charge in [-0.1, -0.05) is 12.1 Å². The molecule has 2 fully saturated rings. The fraction of sp³-hybridized carbons (Fsp3) is 0.588. The molecule has 1 amide bonds. The van der Waals surface area contributed by atoms with Crippen molar-refractivity contribution in [3.8, 4) is 5.75 Å². The lowest BCUT2D eigenvalue weighted by Crippen LogP contribution is -2.39. The Hall–Kier alpha value is -1.51. The first-order chi connectivity index (χ1) is 9.76. The first-order valence-corrected chi connectivity index (χ1v) is 7.68. The van der Waals surface area contributed by atoms with Crippen molar-refractivity contribution in [1.29, 1.82) is 0 Å². The van der Waals surface area contributed by atoms with Crippen LogP contribution >= 0.6 is 0 Å². The summed E-state index contributed by atoms with van der Waals surface area (Å²) in [7, 11) is 1.71. The smallest absolute Gasteiger partial charge is 0.225 e. The SMILES string of the molecule is COc1cccc(CC2CCN(C(=O)C3CC3)CC2)c1. The van der Waals surface area contributed by atoms with Crippen molar-refractivity contribution in [3.05, 3.63) is 29.8 Å². The monoisotopic (exact) mass is 273 g/mol. The lowest BCUT2D eigenvalue weighted by Gasteiger charge is -2.32. The fourth-order valence-electron chi connectivity index (χ4n) is 3.08. The quantitative estimate of drug-likeness (QED) is 0.844. The number of amides is 1. The second-order valence-electron chi connectivity index (χ2n) is 6.10. The minimum atomic E-state index is 0.366. The van der Waals surface area contributed by atoms with E-state index in [1.165, 1.54) is 5.56 Å². The molecule has 0 aromatic heterocycles. The normalized spacial score (nSPS) is 19.9. The van der Waals surface area contributed by atoms with E-state index >= 15 is 0 Å². The van der Waals surface area contributed by atoms with Crippen LogP contribution in [0.15, 0.2) is 24.3 Å². The molecule has 1 aliphatic heterocycles. The summed E-state index contributed by atoms with van der Waals surface area (Å²) in [6, 6.07) is 8.34. The molecule has 2 aliphatic rings. The number of likely N-dealkylation sites (tertiary alicyclic amines) is 1. The van der Waals surface area contributed by atoms with Gasteiger partial charge in [0.15, 0.2) is 0 Å². The van der Waals surface area contributed by atoms with Gasteiger partial charge in [-0.25, -0.2) is 0 Å². The Kier molecular flexibility index (Phi) is 3.95. The molecule has 0 atom stereocenters. The molecule has 1 heterocycles. The number of piperidine rings is 1. The van der Waals surface area contributed by atoms with E-state index in [0.717, 1.165) is 50.9 Å². The van der Waals surface area contributed by atoms with Gasteiger partial charge in [-0.15, -0.1) is 0 Å². The number of ether oxygens (including phenoxy) is 1. The van der Waals surface area contributed by atoms with Gasteiger partial charge in [-0.2, -0.15) is 0 Å². The maximum atomic E-state index is 12.0. The Balaban J connectivity index is 1.51. The summed E-state index contributed by atoms with van der Waals surface area (Å²) in [5.41, 5.74) is 1.34. The third kappa shape index (κ3) is 3.14. The van der Waals surface area contributed by atoms with Crippen molar-refractivity contribution < 1.29 is 9.53 Å². The van der Waals surface area contributed by atoms with Gasteiger partial charge in [0.05, 0.1) is 7.11 Å². The zero-order chi connectivity index (χ0) is 13.9. The lowest BCUT2D eigenvalue weighted by molar-refractivity contribution is -0.133. The molecule has 3 nitrogen and oxygen atoms in total. The summed E-state index contributed by atoms with van der Waals surface area (Å²) in [6.45, 7) is 1.90. The van der Waals surface area contributed by atoms with Gasteiger partial charge in [0.1, 0.15) is 5.75 Å². The van der Waals surface area contributed by atoms with E-state index in [9.17, 15) is 4.79 Å². The molecule has 1 aliphatic carbocycles. The van der Waals surface area contributed by atoms with Crippen LogP contribution in [0.2, 0.25) is 0 Å². The van der Waals surface area contributed by atoms with Crippen molar-refractivity contribution >= 4 is 5.91 Å². The topological polar surface area (TPSA) is 29.5 Å². The van der Waals surface area contributed by atoms with Gasteiger partial charge in [0.2, 0.25) is 5.91 Å². The number of benzene rings is 1. The van der Waals surface area contributed by atoms with Crippen LogP contribution in [0.1, 0.15) is 31.2 Å². The van der Waals surface area contributed by atoms with Gasteiger partial charge in [0, 0.05) is 19.0 Å². The van der Waals surface area contributed by atoms with Gasteiger partial charge in [-0.3, -0.25) is 4.79 Å². The molecule has 3 heteroatoms. The number of hydrogen-bond donors (Lipinski definition) is 0. The third-order valence-electron chi connectivity index (χ3n) is 4.51. The Morgan fingerprint density at radius 2 is 2.00 bits per heavy atom. The van der Waals surface area contributed by atoms with Crippen LogP contribution in [-0.2, 0) is 11.2 Å². The van der Waals surface area contributed by atoms with Crippen molar-refractivity contribution in [2.45, 2.75) is 32.1 Å². The number of rotatable bonds is 4. The first-order valence-electron chi connectivity index (χ1n) is 7.68. The Bertz CT molecular complexity index is 474. The molecule has 3 rings (SSSR count). The molecule has 0 radical (unpaired) electrons. The largest absolute Gasteiger partial charge is 0.497 e. The van der Waals surface area contributed by atoms with Gasteiger partial charge >= 0.3 is 0 Å². The van der Waals surface area contributed by atoms with Crippen LogP contribution in [0, 0.1) is 11.8 Å². The summed E-state index contributed by atoms with van der Waals surface area (Å²) in [5.74, 6) is 2.41. The van der Waals surface area contributed by atoms with Crippen molar-refractivity contribution in [2.75, 3.05) is 20.2 Å². The van der Waals surface area contributed by atoms with Gasteiger partial charge < -0.3 is 9.64 Å². The molecule has 0 N–H and O–H groups in total. The van der Waals surface area contributed by atoms with Crippen LogP contribution in [0.5, 0.6) is 5.75 Å². The fourth-order valence-corrected chi connectivity index (χ4v) is 3.08. The Morgan fingerprint density at radius 3 is 2.65 bits per heavy atom. The molecule has 108 valence electrons. The summed E-state index contributed by atoms with van der Waals surface area (Å²) in [6.07, 6.45) is 5.60. The molecule has 0 unspecified atom stereocenters. The molecule has 1 saturated heterocycles. The van der Waals surface area contributed by atoms with Crippen LogP contribution in [0.4, 0.5) is 0 Å². The molecule has 20 heavy (non-hydrogen) atoms. The highest BCUT2D eigenvalue weighted by atomic mass is 16.5. The van der Waals surface area contributed by atoms with Crippen LogP contribution in [0.3, 0.4) is 0 Å². The molecule has 1 saturated carbocycles. The van der Waals surface area contributed by atoms with E-state index in [1.54, 1.807) is 7.11 Å². The van der Waals surface area contributed by atoms with Gasteiger partial charge in [-0.05, 0) is 55.7 Å². The molecule has 0 spiro atoms. The van der Waals surface area contributed by atoms with E-state index in [4.69, 9.17) is 4.74 Å². The highest BCUT2D eigenvalue weighted by Gasteiger charge is 2.34. The average molecular weight is 273 g/mol. The maximum Gasteiger partial charge on any atom is 0.225 e. The van der Waals surface area contributed by atoms with Crippen molar-refractivity contribution in [3.63, 3.8) is 0 Å². The zero-order valence-electron chi connectivity index (χ0n) is 12.2. The molecular weight excluding hydrogens is 250 g/mol. The summed E-state index contributed by atoms with van der Waals surface area (Å²) in [5, 5.41) is 0. The summed E-state index contributed by atoms with van der Waals surface area (Å²) in [4.78, 5) is 14.1. The predicted molar refractivity (Wildman–Crippen MR) is 78.7 cm³/mol. The Morgan fingerprint density at radius 1 is 1.25 bits per heavy atom. The standard InChI is InChI=1S/C17H23NO2/c1-20-16-4-2-3-14(12-16)11-13-7-9-18(10-8-13)17(19)15-5-6-15/h2-4,12-13,15H,5-11H2,1H3. The number of methoxy groups -OCH3 is 1. The number of hydrogen-bond acceptors (Lipinski definition) is 2. The average Bonchev–Trinajstić information content (AvgIpc) is 3.32. The maximum absolute atomic E-state index is 12.0. The molecular formula is C17H23NO2. The number of carbonyl (C=O) groups is 1. The zero-order valence-corrected chi connectivity index (χ0v) is 12.2. The van der Waals surface area contributed by atoms with Crippen LogP contribution < -0.4 is 4.74 Å². The van der Waals surface area contributed by atoms with Gasteiger partial charge in [0.25, 0.3) is 0 Å². The molecule has 1 aromatic rings. The highest BCUT2D eigenvalue weighted by Crippen LogP contribution is 2.33. The highest BCUT2D eigenvalue weighted by molar-refractivity contribution is 5.81. The second-order valence-corrected chi connectivity index (χ2v) is 6.10. The van der Waals surface area contributed by atoms with E-state index in [2.05, 4.69) is 23.1 Å². The number of nitrogens with zero attached hydrogens (tertiary/aromatic N) is 1. The third-order valence-corrected chi connectivity index (χ3v) is 4.51. The minimum absolute atomic E-state index is 0.366. The molecule has 0 bridgehead atoms. The van der Waals surface area contributed by atoms with Crippen molar-refractivity contribution in [1.82, 2.24) is 4.90 Å². The number of carbonyl (C=O) groups excluding carboxylic acids is 1.